The summed E-state index contributed by atoms with van der Waals surface area (Å²) in [7, 11) is 0. The van der Waals surface area contributed by atoms with Crippen molar-refractivity contribution in [1.29, 1.82) is 0 Å². The van der Waals surface area contributed by atoms with Crippen molar-refractivity contribution in [2.75, 3.05) is 39.4 Å². The van der Waals surface area contributed by atoms with Gasteiger partial charge in [-0.05, 0) is 37.0 Å². The minimum atomic E-state index is -0.220. The van der Waals surface area contributed by atoms with Crippen LogP contribution in [0, 0.1) is 5.92 Å². The van der Waals surface area contributed by atoms with E-state index in [0.29, 0.717) is 22.8 Å². The van der Waals surface area contributed by atoms with Gasteiger partial charge in [0.05, 0.1) is 12.6 Å². The van der Waals surface area contributed by atoms with Crippen LogP contribution in [-0.2, 0) is 20.9 Å². The number of hydrogen-bond acceptors (Lipinski definition) is 5. The third-order valence-electron chi connectivity index (χ3n) is 7.10. The van der Waals surface area contributed by atoms with Crippen LogP contribution in [0.3, 0.4) is 0 Å². The maximum Gasteiger partial charge on any atom is 0.239 e. The van der Waals surface area contributed by atoms with Crippen molar-refractivity contribution < 1.29 is 14.4 Å². The van der Waals surface area contributed by atoms with E-state index in [1.807, 2.05) is 4.90 Å². The van der Waals surface area contributed by atoms with Gasteiger partial charge in [0.2, 0.25) is 17.7 Å². The predicted molar refractivity (Wildman–Crippen MR) is 127 cm³/mol. The third-order valence-corrected chi connectivity index (χ3v) is 7.68. The van der Waals surface area contributed by atoms with Gasteiger partial charge in [0.15, 0.2) is 0 Å². The summed E-state index contributed by atoms with van der Waals surface area (Å²) in [5.41, 5.74) is 0.776. The molecule has 8 nitrogen and oxygen atoms in total. The summed E-state index contributed by atoms with van der Waals surface area (Å²) in [5.74, 6) is -0.174. The van der Waals surface area contributed by atoms with Crippen molar-refractivity contribution in [2.45, 2.75) is 44.8 Å². The summed E-state index contributed by atoms with van der Waals surface area (Å²) in [6.45, 7) is 5.49. The number of amides is 3. The minimum absolute atomic E-state index is 0.0161. The van der Waals surface area contributed by atoms with E-state index in [4.69, 9.17) is 23.2 Å². The Morgan fingerprint density at radius 1 is 1.15 bits per heavy atom. The molecule has 2 saturated heterocycles. The molecule has 10 heteroatoms. The molecule has 3 amide bonds. The van der Waals surface area contributed by atoms with Crippen LogP contribution in [0.1, 0.15) is 31.7 Å². The Labute approximate surface area is 204 Å². The number of fused-ring (bicyclic) bond motifs is 1. The molecule has 180 valence electrons. The predicted octanol–water partition coefficient (Wildman–Crippen LogP) is 1.70. The van der Waals surface area contributed by atoms with Gasteiger partial charge in [0.25, 0.3) is 0 Å². The number of halogens is 2. The summed E-state index contributed by atoms with van der Waals surface area (Å²) in [6.07, 6.45) is 2.78. The number of hydrogen-bond donors (Lipinski definition) is 2. The second kappa shape index (κ2) is 10.6. The number of benzene rings is 1. The smallest absolute Gasteiger partial charge is 0.239 e. The molecule has 1 aromatic rings. The second-order valence-corrected chi connectivity index (χ2v) is 9.98. The Kier molecular flexibility index (Phi) is 7.79. The molecule has 1 saturated carbocycles. The van der Waals surface area contributed by atoms with Crippen LogP contribution in [0.15, 0.2) is 18.2 Å². The van der Waals surface area contributed by atoms with Gasteiger partial charge < -0.3 is 15.1 Å². The lowest BCUT2D eigenvalue weighted by atomic mass is 9.79. The van der Waals surface area contributed by atoms with Crippen molar-refractivity contribution in [3.63, 3.8) is 0 Å². The molecule has 3 aliphatic rings. The van der Waals surface area contributed by atoms with E-state index in [-0.39, 0.29) is 42.8 Å². The number of piperazine rings is 1. The quantitative estimate of drug-likeness (QED) is 0.649. The van der Waals surface area contributed by atoms with E-state index in [9.17, 15) is 14.4 Å². The van der Waals surface area contributed by atoms with Crippen molar-refractivity contribution in [3.05, 3.63) is 33.8 Å². The fraction of sp³-hybridized carbons (Fsp3) is 0.609. The van der Waals surface area contributed by atoms with Crippen LogP contribution in [0.2, 0.25) is 10.0 Å². The second-order valence-electron chi connectivity index (χ2n) is 9.13. The molecule has 0 radical (unpaired) electrons. The lowest BCUT2D eigenvalue weighted by Gasteiger charge is -2.47. The van der Waals surface area contributed by atoms with Crippen molar-refractivity contribution >= 4 is 40.9 Å². The first-order valence-electron chi connectivity index (χ1n) is 11.5. The van der Waals surface area contributed by atoms with Crippen LogP contribution in [-0.4, -0.2) is 83.9 Å². The standard InChI is InChI=1S/C23H31Cl2N5O3/c1-15(31)28-6-8-29(9-7-28)18-4-5-21-19(11-18)23(33)30(14-27-21)13-22(32)26-12-16-2-3-17(24)10-20(16)25/h2-3,10,18-19,21,27H,4-9,11-14H2,1H3,(H,26,32). The monoisotopic (exact) mass is 495 g/mol. The average Bonchev–Trinajstić information content (AvgIpc) is 2.80. The Hall–Kier alpha value is -1.87. The first-order valence-corrected chi connectivity index (χ1v) is 12.3. The maximum atomic E-state index is 13.2. The molecule has 0 bridgehead atoms. The van der Waals surface area contributed by atoms with E-state index in [1.165, 1.54) is 0 Å². The zero-order valence-electron chi connectivity index (χ0n) is 18.9. The molecular weight excluding hydrogens is 465 g/mol. The zero-order chi connectivity index (χ0) is 23.5. The van der Waals surface area contributed by atoms with Gasteiger partial charge in [-0.1, -0.05) is 29.3 Å². The average molecular weight is 496 g/mol. The lowest BCUT2D eigenvalue weighted by Crippen LogP contribution is -2.62. The van der Waals surface area contributed by atoms with Gasteiger partial charge in [-0.2, -0.15) is 0 Å². The number of nitrogens with zero attached hydrogens (tertiary/aromatic N) is 3. The highest BCUT2D eigenvalue weighted by Crippen LogP contribution is 2.32. The Morgan fingerprint density at radius 2 is 1.91 bits per heavy atom. The molecule has 1 aromatic carbocycles. The SMILES string of the molecule is CC(=O)N1CCN(C2CCC3NCN(CC(=O)NCc4ccc(Cl)cc4Cl)C(=O)C3C2)CC1. The van der Waals surface area contributed by atoms with E-state index >= 15 is 0 Å². The van der Waals surface area contributed by atoms with Crippen molar-refractivity contribution in [1.82, 2.24) is 25.3 Å². The van der Waals surface area contributed by atoms with Gasteiger partial charge in [-0.25, -0.2) is 0 Å². The van der Waals surface area contributed by atoms with E-state index < -0.39 is 0 Å². The highest BCUT2D eigenvalue weighted by molar-refractivity contribution is 6.35. The fourth-order valence-electron chi connectivity index (χ4n) is 5.16. The highest BCUT2D eigenvalue weighted by atomic mass is 35.5. The normalized spacial score (nSPS) is 26.2. The third kappa shape index (κ3) is 5.80. The largest absolute Gasteiger partial charge is 0.350 e. The molecule has 2 N–H and O–H groups in total. The maximum absolute atomic E-state index is 13.2. The lowest BCUT2D eigenvalue weighted by molar-refractivity contribution is -0.146. The summed E-state index contributed by atoms with van der Waals surface area (Å²) in [4.78, 5) is 43.3. The Bertz CT molecular complexity index is 906. The first-order chi connectivity index (χ1) is 15.8. The van der Waals surface area contributed by atoms with Crippen molar-refractivity contribution in [2.24, 2.45) is 5.92 Å². The molecule has 1 aliphatic carbocycles. The first kappa shape index (κ1) is 24.3. The summed E-state index contributed by atoms with van der Waals surface area (Å²) in [6, 6.07) is 5.66. The van der Waals surface area contributed by atoms with Gasteiger partial charge in [-0.3, -0.25) is 24.6 Å². The number of nitrogens with one attached hydrogen (secondary N) is 2. The van der Waals surface area contributed by atoms with Gasteiger partial charge in [-0.15, -0.1) is 0 Å². The van der Waals surface area contributed by atoms with Gasteiger partial charge in [0.1, 0.15) is 6.54 Å². The number of carbonyl (C=O) groups excluding carboxylic acids is 3. The molecule has 0 aromatic heterocycles. The van der Waals surface area contributed by atoms with Crippen LogP contribution in [0.5, 0.6) is 0 Å². The highest BCUT2D eigenvalue weighted by Gasteiger charge is 2.42. The fourth-order valence-corrected chi connectivity index (χ4v) is 5.64. The molecule has 0 spiro atoms. The van der Waals surface area contributed by atoms with Crippen LogP contribution in [0.25, 0.3) is 0 Å². The van der Waals surface area contributed by atoms with E-state index in [0.717, 1.165) is 51.0 Å². The number of carbonyl (C=O) groups is 3. The Morgan fingerprint density at radius 3 is 2.61 bits per heavy atom. The van der Waals surface area contributed by atoms with Crippen molar-refractivity contribution in [3.8, 4) is 0 Å². The van der Waals surface area contributed by atoms with E-state index in [1.54, 1.807) is 30.0 Å². The molecule has 4 rings (SSSR count). The topological polar surface area (TPSA) is 85.0 Å². The van der Waals surface area contributed by atoms with Gasteiger partial charge >= 0.3 is 0 Å². The summed E-state index contributed by atoms with van der Waals surface area (Å²) < 4.78 is 0. The molecule has 3 fully saturated rings. The molecular formula is C23H31Cl2N5O3. The summed E-state index contributed by atoms with van der Waals surface area (Å²) in [5, 5.41) is 7.35. The molecule has 2 heterocycles. The summed E-state index contributed by atoms with van der Waals surface area (Å²) >= 11 is 12.1. The van der Waals surface area contributed by atoms with E-state index in [2.05, 4.69) is 15.5 Å². The van der Waals surface area contributed by atoms with Crippen LogP contribution >= 0.6 is 23.2 Å². The minimum Gasteiger partial charge on any atom is -0.350 e. The molecule has 3 atom stereocenters. The Balaban J connectivity index is 1.29. The van der Waals surface area contributed by atoms with Gasteiger partial charge in [0, 0.05) is 61.8 Å². The molecule has 33 heavy (non-hydrogen) atoms. The van der Waals surface area contributed by atoms with Crippen LogP contribution < -0.4 is 10.6 Å². The molecule has 2 aliphatic heterocycles. The number of rotatable bonds is 5. The van der Waals surface area contributed by atoms with Crippen LogP contribution in [0.4, 0.5) is 0 Å². The zero-order valence-corrected chi connectivity index (χ0v) is 20.4. The molecule has 3 unspecified atom stereocenters.